The summed E-state index contributed by atoms with van der Waals surface area (Å²) in [7, 11) is 0. The van der Waals surface area contributed by atoms with Gasteiger partial charge in [-0.2, -0.15) is 0 Å². The molecule has 0 rings (SSSR count). The average molecular weight is 1140 g/mol. The summed E-state index contributed by atoms with van der Waals surface area (Å²) in [5, 5.41) is 39.4. The maximum atomic E-state index is 10.2. The van der Waals surface area contributed by atoms with Crippen LogP contribution in [-0.2, 0) is 19.2 Å². The van der Waals surface area contributed by atoms with Gasteiger partial charge in [0.1, 0.15) is 0 Å². The normalized spacial score (nSPS) is 10.6. The molecule has 0 aromatic heterocycles. The molecule has 0 aromatic carbocycles. The van der Waals surface area contributed by atoms with Crippen LogP contribution in [0, 0.1) is 0 Å². The summed E-state index contributed by atoms with van der Waals surface area (Å²) in [6.45, 7) is 13.2. The van der Waals surface area contributed by atoms with Gasteiger partial charge in [0.25, 0.3) is 0 Å². The number of carboxylic acids is 4. The molecular formula is C44H68O8Pb2. The van der Waals surface area contributed by atoms with Crippen molar-refractivity contribution in [2.45, 2.75) is 156 Å². The number of carbonyl (C=O) groups excluding carboxylic acids is 4. The molecule has 0 atom stereocenters. The van der Waals surface area contributed by atoms with Crippen LogP contribution in [0.4, 0.5) is 0 Å². The Labute approximate surface area is 368 Å². The second-order valence-corrected chi connectivity index (χ2v) is 12.1. The zero-order valence-electron chi connectivity index (χ0n) is 33.8. The third kappa shape index (κ3) is 74.7. The van der Waals surface area contributed by atoms with Gasteiger partial charge >= 0.3 is 54.6 Å². The molecule has 0 aliphatic heterocycles. The predicted octanol–water partition coefficient (Wildman–Crippen LogP) is 6.51. The maximum Gasteiger partial charge on any atom is 2.00 e. The Hall–Kier alpha value is -2.36. The minimum absolute atomic E-state index is 0. The molecule has 0 spiro atoms. The Morgan fingerprint density at radius 3 is 0.870 bits per heavy atom. The fourth-order valence-electron chi connectivity index (χ4n) is 3.78. The summed E-state index contributed by atoms with van der Waals surface area (Å²) < 4.78 is 0. The molecule has 300 valence electrons. The Balaban J connectivity index is -0.000000159. The minimum atomic E-state index is -1.19. The molecule has 0 bridgehead atoms. The van der Waals surface area contributed by atoms with E-state index in [1.165, 1.54) is 39.5 Å². The molecular weight excluding hydrogens is 1070 g/mol. The van der Waals surface area contributed by atoms with Gasteiger partial charge in [-0.05, 0) is 115 Å². The van der Waals surface area contributed by atoms with E-state index in [1.54, 1.807) is 0 Å². The van der Waals surface area contributed by atoms with E-state index in [-0.39, 0.29) is 78.6 Å². The van der Waals surface area contributed by atoms with Gasteiger partial charge in [-0.25, -0.2) is 0 Å². The van der Waals surface area contributed by atoms with E-state index in [1.807, 2.05) is 0 Å². The van der Waals surface area contributed by atoms with E-state index in [9.17, 15) is 39.6 Å². The fourth-order valence-corrected chi connectivity index (χ4v) is 3.78. The quantitative estimate of drug-likeness (QED) is 0.0371. The van der Waals surface area contributed by atoms with Crippen molar-refractivity contribution in [2.24, 2.45) is 0 Å². The number of unbranched alkanes of at least 4 members (excludes halogenated alkanes) is 10. The van der Waals surface area contributed by atoms with Crippen molar-refractivity contribution in [1.82, 2.24) is 0 Å². The van der Waals surface area contributed by atoms with Gasteiger partial charge in [0, 0.05) is 11.9 Å². The van der Waals surface area contributed by atoms with Crippen LogP contribution in [0.25, 0.3) is 0 Å². The third-order valence-electron chi connectivity index (χ3n) is 6.76. The van der Waals surface area contributed by atoms with Crippen molar-refractivity contribution in [3.63, 3.8) is 0 Å². The molecule has 4 radical (unpaired) electrons. The molecule has 0 saturated carbocycles. The maximum absolute atomic E-state index is 10.2. The minimum Gasteiger partial charge on any atom is -0.550 e. The molecule has 0 saturated heterocycles. The van der Waals surface area contributed by atoms with Gasteiger partial charge in [-0.1, -0.05) is 138 Å². The summed E-state index contributed by atoms with van der Waals surface area (Å²) in [6, 6.07) is 0. The fraction of sp³-hybridized carbons (Fsp3) is 0.545. The number of hydrogen-bond donors (Lipinski definition) is 0. The van der Waals surface area contributed by atoms with Crippen LogP contribution in [0.2, 0.25) is 0 Å². The van der Waals surface area contributed by atoms with Crippen LogP contribution in [0.1, 0.15) is 156 Å². The van der Waals surface area contributed by atoms with Crippen molar-refractivity contribution in [3.8, 4) is 0 Å². The summed E-state index contributed by atoms with van der Waals surface area (Å²) in [5.41, 5.74) is 0.130. The second-order valence-electron chi connectivity index (χ2n) is 12.1. The van der Waals surface area contributed by atoms with Gasteiger partial charge in [0.15, 0.2) is 0 Å². The second kappa shape index (κ2) is 55.0. The number of carbonyl (C=O) groups is 4. The largest absolute Gasteiger partial charge is 2.00 e. The number of allylic oxidation sites excluding steroid dienone is 12. The van der Waals surface area contributed by atoms with Crippen molar-refractivity contribution < 1.29 is 39.6 Å². The van der Waals surface area contributed by atoms with Gasteiger partial charge in [-0.3, -0.25) is 0 Å². The number of carboxylic acid groups (broad SMARTS) is 4. The topological polar surface area (TPSA) is 161 Å². The SMILES string of the molecule is C=C(C)C(=O)[O-].C=C(C)C(=O)[O-].CC/C=C\C/C=C\C/C=C\CCCCCCCC(=O)[O-].CC/C=C\C/C=C\C/C=C\CCCCCCCC(=O)[O-].[Pb+2].[Pb+2]. The first kappa shape index (κ1) is 63.6. The van der Waals surface area contributed by atoms with E-state index in [4.69, 9.17) is 0 Å². The van der Waals surface area contributed by atoms with E-state index < -0.39 is 23.9 Å². The number of hydrogen-bond acceptors (Lipinski definition) is 8. The first-order valence-corrected chi connectivity index (χ1v) is 18.9. The zero-order chi connectivity index (χ0) is 40.1. The molecule has 0 N–H and O–H groups in total. The molecule has 0 unspecified atom stereocenters. The molecule has 54 heavy (non-hydrogen) atoms. The summed E-state index contributed by atoms with van der Waals surface area (Å²) in [4.78, 5) is 39.4. The molecule has 0 aromatic rings. The summed E-state index contributed by atoms with van der Waals surface area (Å²) >= 11 is 0. The zero-order valence-corrected chi connectivity index (χ0v) is 41.5. The molecule has 8 nitrogen and oxygen atoms in total. The van der Waals surface area contributed by atoms with Crippen LogP contribution in [0.3, 0.4) is 0 Å². The molecule has 0 amide bonds. The van der Waals surface area contributed by atoms with Crippen molar-refractivity contribution in [1.29, 1.82) is 0 Å². The van der Waals surface area contributed by atoms with Gasteiger partial charge in [0.05, 0.1) is 11.9 Å². The van der Waals surface area contributed by atoms with E-state index >= 15 is 0 Å². The first-order chi connectivity index (χ1) is 24.8. The van der Waals surface area contributed by atoms with Gasteiger partial charge in [-0.15, -0.1) is 0 Å². The Morgan fingerprint density at radius 1 is 0.407 bits per heavy atom. The summed E-state index contributed by atoms with van der Waals surface area (Å²) in [6.07, 6.45) is 46.1. The molecule has 0 heterocycles. The smallest absolute Gasteiger partial charge is 0.550 e. The Kier molecular flexibility index (Phi) is 64.7. The van der Waals surface area contributed by atoms with E-state index in [0.717, 1.165) is 89.9 Å². The average Bonchev–Trinajstić information content (AvgIpc) is 3.08. The van der Waals surface area contributed by atoms with E-state index in [2.05, 4.69) is 99.9 Å². The Bertz CT molecular complexity index is 992. The van der Waals surface area contributed by atoms with Crippen LogP contribution in [0.5, 0.6) is 0 Å². The monoisotopic (exact) mass is 1140 g/mol. The predicted molar refractivity (Wildman–Crippen MR) is 220 cm³/mol. The van der Waals surface area contributed by atoms with Crippen LogP contribution in [-0.4, -0.2) is 78.5 Å². The standard InChI is InChI=1S/2C18H30O2.2C4H6O2.2Pb/c2*1-2-3-4-5-6-7-8-9-10-11-12-13-14-15-16-17-18(19)20;2*1-3(2)4(5)6;;/h2*3-4,6-7,9-10H,2,5,8,11-17H2,1H3,(H,19,20);2*1H2,2H3,(H,5,6);;/q;;;;2*+2/p-4/b2*4-3-,7-6-,10-9-;;;;. The van der Waals surface area contributed by atoms with Crippen LogP contribution in [0.15, 0.2) is 97.2 Å². The molecule has 0 aliphatic carbocycles. The third-order valence-corrected chi connectivity index (χ3v) is 6.76. The molecule has 10 heteroatoms. The van der Waals surface area contributed by atoms with Gasteiger partial charge < -0.3 is 39.6 Å². The Morgan fingerprint density at radius 2 is 0.630 bits per heavy atom. The molecule has 0 aliphatic rings. The van der Waals surface area contributed by atoms with Crippen molar-refractivity contribution in [3.05, 3.63) is 97.2 Å². The molecule has 0 fully saturated rings. The van der Waals surface area contributed by atoms with Crippen molar-refractivity contribution in [2.75, 3.05) is 0 Å². The summed E-state index contributed by atoms with van der Waals surface area (Å²) in [5.74, 6) is -4.22. The van der Waals surface area contributed by atoms with Gasteiger partial charge in [0.2, 0.25) is 0 Å². The first-order valence-electron chi connectivity index (χ1n) is 18.9. The number of rotatable bonds is 28. The van der Waals surface area contributed by atoms with E-state index in [0.29, 0.717) is 0 Å². The van der Waals surface area contributed by atoms with Crippen molar-refractivity contribution >= 4 is 78.5 Å². The van der Waals surface area contributed by atoms with Crippen LogP contribution >= 0.6 is 0 Å². The van der Waals surface area contributed by atoms with Crippen LogP contribution < -0.4 is 20.4 Å². The number of aliphatic carboxylic acids is 4.